The molecular formula is C24H42O5. The largest absolute Gasteiger partial charge is 0.392 e. The fraction of sp³-hybridized carbons (Fsp3) is 0.833. The lowest BCUT2D eigenvalue weighted by Gasteiger charge is -2.35. The first-order valence-corrected chi connectivity index (χ1v) is 11.1. The molecule has 1 saturated heterocycles. The maximum atomic E-state index is 10.8. The second kappa shape index (κ2) is 11.6. The molecule has 2 fully saturated rings. The molecule has 29 heavy (non-hydrogen) atoms. The summed E-state index contributed by atoms with van der Waals surface area (Å²) in [4.78, 5) is 0. The SMILES string of the molecule is CC[C@H](OC)[C@@H](C)[C@H]1C[C@@H]1[C@H](O)[C@@H](C)/C=C/C=C(\C)[C@@H]1O[C@@H](OC)CC[C@@H]1OC. The summed E-state index contributed by atoms with van der Waals surface area (Å²) in [5.41, 5.74) is 1.11. The van der Waals surface area contributed by atoms with Crippen LogP contribution in [0.2, 0.25) is 0 Å². The molecule has 5 nitrogen and oxygen atoms in total. The molecule has 1 saturated carbocycles. The average molecular weight is 411 g/mol. The zero-order valence-electron chi connectivity index (χ0n) is 19.3. The quantitative estimate of drug-likeness (QED) is 0.513. The van der Waals surface area contributed by atoms with E-state index in [9.17, 15) is 5.11 Å². The minimum absolute atomic E-state index is 0.0510. The molecule has 2 rings (SSSR count). The van der Waals surface area contributed by atoms with Crippen molar-refractivity contribution in [2.24, 2.45) is 23.7 Å². The second-order valence-corrected chi connectivity index (χ2v) is 8.82. The number of allylic oxidation sites excluding steroid dienone is 2. The number of aliphatic hydroxyl groups is 1. The fourth-order valence-electron chi connectivity index (χ4n) is 4.83. The minimum Gasteiger partial charge on any atom is -0.392 e. The summed E-state index contributed by atoms with van der Waals surface area (Å²) in [5, 5.41) is 10.8. The molecule has 0 radical (unpaired) electrons. The molecule has 0 aromatic carbocycles. The molecule has 0 unspecified atom stereocenters. The number of hydrogen-bond acceptors (Lipinski definition) is 5. The van der Waals surface area contributed by atoms with E-state index >= 15 is 0 Å². The van der Waals surface area contributed by atoms with Crippen molar-refractivity contribution in [1.29, 1.82) is 0 Å². The van der Waals surface area contributed by atoms with Gasteiger partial charge in [-0.15, -0.1) is 0 Å². The Labute approximate surface area is 177 Å². The van der Waals surface area contributed by atoms with Gasteiger partial charge < -0.3 is 24.1 Å². The lowest BCUT2D eigenvalue weighted by atomic mass is 9.91. The monoisotopic (exact) mass is 410 g/mol. The van der Waals surface area contributed by atoms with Gasteiger partial charge in [0.1, 0.15) is 6.10 Å². The van der Waals surface area contributed by atoms with Crippen molar-refractivity contribution in [3.05, 3.63) is 23.8 Å². The highest BCUT2D eigenvalue weighted by molar-refractivity contribution is 5.17. The summed E-state index contributed by atoms with van der Waals surface area (Å²) in [6.07, 6.45) is 9.85. The number of rotatable bonds is 11. The molecule has 0 bridgehead atoms. The molecule has 0 aromatic rings. The summed E-state index contributed by atoms with van der Waals surface area (Å²) in [5.74, 6) is 1.54. The first-order valence-electron chi connectivity index (χ1n) is 11.1. The van der Waals surface area contributed by atoms with Gasteiger partial charge in [0, 0.05) is 33.7 Å². The Kier molecular flexibility index (Phi) is 9.83. The van der Waals surface area contributed by atoms with Crippen LogP contribution >= 0.6 is 0 Å². The van der Waals surface area contributed by atoms with Crippen LogP contribution in [0.15, 0.2) is 23.8 Å². The van der Waals surface area contributed by atoms with Crippen molar-refractivity contribution in [1.82, 2.24) is 0 Å². The maximum Gasteiger partial charge on any atom is 0.158 e. The summed E-state index contributed by atoms with van der Waals surface area (Å²) in [7, 11) is 5.20. The van der Waals surface area contributed by atoms with Gasteiger partial charge in [0.2, 0.25) is 0 Å². The Morgan fingerprint density at radius 2 is 1.86 bits per heavy atom. The smallest absolute Gasteiger partial charge is 0.158 e. The van der Waals surface area contributed by atoms with E-state index in [1.807, 2.05) is 6.08 Å². The molecular weight excluding hydrogens is 368 g/mol. The number of methoxy groups -OCH3 is 3. The van der Waals surface area contributed by atoms with E-state index < -0.39 is 0 Å². The number of ether oxygens (including phenoxy) is 4. The third-order valence-corrected chi connectivity index (χ3v) is 6.95. The van der Waals surface area contributed by atoms with E-state index in [-0.39, 0.29) is 36.6 Å². The predicted octanol–water partition coefficient (Wildman–Crippen LogP) is 4.35. The van der Waals surface area contributed by atoms with Gasteiger partial charge in [0.05, 0.1) is 18.3 Å². The van der Waals surface area contributed by atoms with Crippen LogP contribution in [0.3, 0.4) is 0 Å². The van der Waals surface area contributed by atoms with Gasteiger partial charge >= 0.3 is 0 Å². The van der Waals surface area contributed by atoms with E-state index in [1.165, 1.54) is 0 Å². The van der Waals surface area contributed by atoms with Crippen molar-refractivity contribution in [2.45, 2.75) is 84.1 Å². The zero-order valence-corrected chi connectivity index (χ0v) is 19.3. The molecule has 1 heterocycles. The van der Waals surface area contributed by atoms with Crippen LogP contribution in [-0.2, 0) is 18.9 Å². The predicted molar refractivity (Wildman–Crippen MR) is 116 cm³/mol. The van der Waals surface area contributed by atoms with Gasteiger partial charge in [-0.1, -0.05) is 39.0 Å². The highest BCUT2D eigenvalue weighted by atomic mass is 16.7. The molecule has 5 heteroatoms. The third kappa shape index (κ3) is 6.38. The van der Waals surface area contributed by atoms with E-state index in [4.69, 9.17) is 18.9 Å². The maximum absolute atomic E-state index is 10.8. The summed E-state index contributed by atoms with van der Waals surface area (Å²) >= 11 is 0. The highest BCUT2D eigenvalue weighted by Gasteiger charge is 2.48. The Morgan fingerprint density at radius 1 is 1.14 bits per heavy atom. The van der Waals surface area contributed by atoms with Crippen LogP contribution in [0.4, 0.5) is 0 Å². The van der Waals surface area contributed by atoms with Crippen molar-refractivity contribution < 1.29 is 24.1 Å². The summed E-state index contributed by atoms with van der Waals surface area (Å²) < 4.78 is 22.6. The first kappa shape index (κ1) is 24.5. The van der Waals surface area contributed by atoms with E-state index in [0.29, 0.717) is 17.8 Å². The van der Waals surface area contributed by atoms with E-state index in [1.54, 1.807) is 21.3 Å². The molecule has 1 aliphatic carbocycles. The van der Waals surface area contributed by atoms with Crippen LogP contribution in [0.25, 0.3) is 0 Å². The van der Waals surface area contributed by atoms with Crippen LogP contribution < -0.4 is 0 Å². The average Bonchev–Trinajstić information content (AvgIpc) is 3.54. The molecule has 168 valence electrons. The number of aliphatic hydroxyl groups excluding tert-OH is 1. The lowest BCUT2D eigenvalue weighted by molar-refractivity contribution is -0.205. The molecule has 1 N–H and O–H groups in total. The van der Waals surface area contributed by atoms with Crippen molar-refractivity contribution >= 4 is 0 Å². The molecule has 0 spiro atoms. The molecule has 0 aromatic heterocycles. The summed E-state index contributed by atoms with van der Waals surface area (Å²) in [6, 6.07) is 0. The van der Waals surface area contributed by atoms with E-state index in [2.05, 4.69) is 39.8 Å². The zero-order chi connectivity index (χ0) is 21.6. The van der Waals surface area contributed by atoms with Gasteiger partial charge in [0.15, 0.2) is 6.29 Å². The molecule has 9 atom stereocenters. The van der Waals surface area contributed by atoms with Gasteiger partial charge in [-0.3, -0.25) is 0 Å². The molecule has 2 aliphatic rings. The third-order valence-electron chi connectivity index (χ3n) is 6.95. The van der Waals surface area contributed by atoms with Gasteiger partial charge in [-0.25, -0.2) is 0 Å². The lowest BCUT2D eigenvalue weighted by Crippen LogP contribution is -2.41. The highest BCUT2D eigenvalue weighted by Crippen LogP contribution is 2.49. The Bertz CT molecular complexity index is 541. The Hall–Kier alpha value is -0.720. The summed E-state index contributed by atoms with van der Waals surface area (Å²) in [6.45, 7) is 8.57. The van der Waals surface area contributed by atoms with Crippen LogP contribution in [-0.4, -0.2) is 57.1 Å². The van der Waals surface area contributed by atoms with Gasteiger partial charge in [-0.2, -0.15) is 0 Å². The van der Waals surface area contributed by atoms with Crippen LogP contribution in [0.1, 0.15) is 53.4 Å². The first-order chi connectivity index (χ1) is 13.9. The molecule has 1 aliphatic heterocycles. The second-order valence-electron chi connectivity index (χ2n) is 8.82. The Balaban J connectivity index is 1.90. The Morgan fingerprint density at radius 3 is 2.45 bits per heavy atom. The van der Waals surface area contributed by atoms with Gasteiger partial charge in [0.25, 0.3) is 0 Å². The minimum atomic E-state index is -0.308. The fourth-order valence-corrected chi connectivity index (χ4v) is 4.83. The number of hydrogen-bond donors (Lipinski definition) is 1. The van der Waals surface area contributed by atoms with E-state index in [0.717, 1.165) is 31.3 Å². The topological polar surface area (TPSA) is 57.2 Å². The normalized spacial score (nSPS) is 34.8. The van der Waals surface area contributed by atoms with Crippen molar-refractivity contribution in [3.8, 4) is 0 Å². The van der Waals surface area contributed by atoms with Crippen molar-refractivity contribution in [3.63, 3.8) is 0 Å². The molecule has 0 amide bonds. The van der Waals surface area contributed by atoms with Gasteiger partial charge in [-0.05, 0) is 49.5 Å². The van der Waals surface area contributed by atoms with Crippen molar-refractivity contribution in [2.75, 3.05) is 21.3 Å². The van der Waals surface area contributed by atoms with Crippen LogP contribution in [0, 0.1) is 23.7 Å². The van der Waals surface area contributed by atoms with Crippen LogP contribution in [0.5, 0.6) is 0 Å². The standard InChI is InChI=1S/C24H42O5/c1-8-20(26-5)17(4)18-14-19(18)23(25)15(2)10-9-11-16(3)24-21(27-6)12-13-22(28-7)29-24/h9-11,15,17-25H,8,12-14H2,1-7H3/b10-9+,16-11+/t15-,17-,18+,19-,20-,21-,22+,23+,24-/m0/s1.